The van der Waals surface area contributed by atoms with Gasteiger partial charge in [0, 0.05) is 16.3 Å². The average Bonchev–Trinajstić information content (AvgIpc) is 2.85. The van der Waals surface area contributed by atoms with Crippen LogP contribution in [0, 0.1) is 0 Å². The van der Waals surface area contributed by atoms with Crippen LogP contribution in [0.2, 0.25) is 10.0 Å². The number of aromatic nitrogens is 1. The van der Waals surface area contributed by atoms with Gasteiger partial charge in [0.25, 0.3) is 0 Å². The molecule has 0 unspecified atom stereocenters. The lowest BCUT2D eigenvalue weighted by Gasteiger charge is -2.07. The molecule has 0 aliphatic rings. The van der Waals surface area contributed by atoms with E-state index < -0.39 is 5.97 Å². The van der Waals surface area contributed by atoms with Crippen LogP contribution >= 0.6 is 50.5 Å². The number of carboxylic acids is 1. The van der Waals surface area contributed by atoms with Crippen LogP contribution in [-0.2, 0) is 11.2 Å². The molecule has 106 valence electrons. The van der Waals surface area contributed by atoms with Gasteiger partial charge in [-0.25, -0.2) is 4.98 Å². The van der Waals surface area contributed by atoms with E-state index in [2.05, 4.69) is 26.2 Å². The first-order valence-corrected chi connectivity index (χ1v) is 7.97. The fourth-order valence-corrected chi connectivity index (χ4v) is 3.03. The number of thiazole rings is 1. The van der Waals surface area contributed by atoms with Gasteiger partial charge in [-0.1, -0.05) is 23.2 Å². The molecule has 0 saturated carbocycles. The third-order valence-corrected chi connectivity index (χ3v) is 5.00. The van der Waals surface area contributed by atoms with Gasteiger partial charge in [0.2, 0.25) is 0 Å². The summed E-state index contributed by atoms with van der Waals surface area (Å²) in [5, 5.41) is 15.0. The van der Waals surface area contributed by atoms with Gasteiger partial charge >= 0.3 is 5.97 Å². The summed E-state index contributed by atoms with van der Waals surface area (Å²) in [5.74, 6) is -0.838. The average molecular weight is 396 g/mol. The van der Waals surface area contributed by atoms with Gasteiger partial charge in [-0.05, 0) is 28.1 Å². The molecule has 1 aromatic carbocycles. The zero-order valence-corrected chi connectivity index (χ0v) is 13.9. The summed E-state index contributed by atoms with van der Waals surface area (Å²) in [4.78, 5) is 14.8. The van der Waals surface area contributed by atoms with Crippen LogP contribution in [-0.4, -0.2) is 16.1 Å². The molecule has 8 heteroatoms. The van der Waals surface area contributed by atoms with Gasteiger partial charge in [-0.2, -0.15) is 0 Å². The Morgan fingerprint density at radius 3 is 2.85 bits per heavy atom. The fraction of sp³-hybridized carbons (Fsp3) is 0.167. The number of hydrogen-bond donors (Lipinski definition) is 2. The predicted molar refractivity (Wildman–Crippen MR) is 85.5 cm³/mol. The molecule has 2 aromatic rings. The minimum Gasteiger partial charge on any atom is -0.481 e. The summed E-state index contributed by atoms with van der Waals surface area (Å²) in [6.07, 6.45) is 0.469. The summed E-state index contributed by atoms with van der Waals surface area (Å²) in [6.45, 7) is 0. The highest BCUT2D eigenvalue weighted by molar-refractivity contribution is 9.10. The Balaban J connectivity index is 2.11. The maximum Gasteiger partial charge on any atom is 0.303 e. The summed E-state index contributed by atoms with van der Waals surface area (Å²) in [5.41, 5.74) is 1.39. The van der Waals surface area contributed by atoms with Crippen LogP contribution < -0.4 is 5.32 Å². The van der Waals surface area contributed by atoms with Crippen molar-refractivity contribution in [1.29, 1.82) is 0 Å². The molecular formula is C12H9BrCl2N2O2S. The lowest BCUT2D eigenvalue weighted by atomic mass is 10.2. The Morgan fingerprint density at radius 1 is 1.40 bits per heavy atom. The van der Waals surface area contributed by atoms with Crippen molar-refractivity contribution in [2.75, 3.05) is 5.32 Å². The number of carbonyl (C=O) groups is 1. The molecule has 1 heterocycles. The third kappa shape index (κ3) is 3.85. The van der Waals surface area contributed by atoms with Crippen molar-refractivity contribution in [1.82, 2.24) is 4.98 Å². The predicted octanol–water partition coefficient (Wildman–Crippen LogP) is 4.97. The van der Waals surface area contributed by atoms with Crippen molar-refractivity contribution in [3.05, 3.63) is 37.7 Å². The van der Waals surface area contributed by atoms with E-state index in [1.165, 1.54) is 11.3 Å². The minimum absolute atomic E-state index is 0.0635. The molecule has 0 spiro atoms. The summed E-state index contributed by atoms with van der Waals surface area (Å²) < 4.78 is 0.719. The quantitative estimate of drug-likeness (QED) is 0.701. The lowest BCUT2D eigenvalue weighted by Crippen LogP contribution is -1.98. The second-order valence-electron chi connectivity index (χ2n) is 3.89. The number of benzene rings is 1. The topological polar surface area (TPSA) is 62.2 Å². The summed E-state index contributed by atoms with van der Waals surface area (Å²) >= 11 is 16.8. The van der Waals surface area contributed by atoms with Gasteiger partial charge in [-0.15, -0.1) is 11.3 Å². The van der Waals surface area contributed by atoms with E-state index in [1.807, 2.05) is 5.38 Å². The monoisotopic (exact) mass is 394 g/mol. The SMILES string of the molecule is O=C(O)CCc1csc(Nc2ccc(Br)c(Cl)c2Cl)n1. The molecule has 0 amide bonds. The number of anilines is 2. The van der Waals surface area contributed by atoms with Crippen LogP contribution in [0.3, 0.4) is 0 Å². The molecule has 0 aliphatic heterocycles. The largest absolute Gasteiger partial charge is 0.481 e. The normalized spacial score (nSPS) is 10.6. The zero-order chi connectivity index (χ0) is 14.7. The van der Waals surface area contributed by atoms with E-state index in [0.29, 0.717) is 27.3 Å². The lowest BCUT2D eigenvalue weighted by molar-refractivity contribution is -0.136. The van der Waals surface area contributed by atoms with E-state index >= 15 is 0 Å². The Labute approximate surface area is 137 Å². The Kier molecular flexibility index (Phi) is 5.26. The van der Waals surface area contributed by atoms with Crippen LogP contribution in [0.1, 0.15) is 12.1 Å². The summed E-state index contributed by atoms with van der Waals surface area (Å²) in [6, 6.07) is 3.58. The van der Waals surface area contributed by atoms with Crippen molar-refractivity contribution in [3.63, 3.8) is 0 Å². The van der Waals surface area contributed by atoms with Crippen LogP contribution in [0.5, 0.6) is 0 Å². The highest BCUT2D eigenvalue weighted by Crippen LogP contribution is 2.37. The van der Waals surface area contributed by atoms with Crippen molar-refractivity contribution in [2.45, 2.75) is 12.8 Å². The first-order chi connectivity index (χ1) is 9.47. The number of hydrogen-bond acceptors (Lipinski definition) is 4. The maximum atomic E-state index is 10.5. The number of carboxylic acid groups (broad SMARTS) is 1. The van der Waals surface area contributed by atoms with E-state index in [-0.39, 0.29) is 6.42 Å². The zero-order valence-electron chi connectivity index (χ0n) is 9.99. The molecular weight excluding hydrogens is 387 g/mol. The first kappa shape index (κ1) is 15.6. The van der Waals surface area contributed by atoms with Crippen LogP contribution in [0.4, 0.5) is 10.8 Å². The van der Waals surface area contributed by atoms with Crippen molar-refractivity contribution >= 4 is 67.3 Å². The molecule has 0 aliphatic carbocycles. The Morgan fingerprint density at radius 2 is 2.15 bits per heavy atom. The van der Waals surface area contributed by atoms with Crippen molar-refractivity contribution in [2.24, 2.45) is 0 Å². The first-order valence-electron chi connectivity index (χ1n) is 5.54. The highest BCUT2D eigenvalue weighted by Gasteiger charge is 2.10. The van der Waals surface area contributed by atoms with E-state index in [4.69, 9.17) is 28.3 Å². The smallest absolute Gasteiger partial charge is 0.303 e. The number of halogens is 3. The summed E-state index contributed by atoms with van der Waals surface area (Å²) in [7, 11) is 0. The minimum atomic E-state index is -0.838. The van der Waals surface area contributed by atoms with Gasteiger partial charge < -0.3 is 10.4 Å². The molecule has 0 atom stereocenters. The van der Waals surface area contributed by atoms with Gasteiger partial charge in [0.1, 0.15) is 0 Å². The second kappa shape index (κ2) is 6.76. The second-order valence-corrected chi connectivity index (χ2v) is 6.35. The number of rotatable bonds is 5. The molecule has 0 saturated heterocycles. The number of aliphatic carboxylic acids is 1. The maximum absolute atomic E-state index is 10.5. The molecule has 20 heavy (non-hydrogen) atoms. The van der Waals surface area contributed by atoms with Gasteiger partial charge in [0.05, 0.1) is 27.8 Å². The van der Waals surface area contributed by atoms with Crippen LogP contribution in [0.25, 0.3) is 0 Å². The molecule has 2 rings (SSSR count). The number of aryl methyl sites for hydroxylation is 1. The standard InChI is InChI=1S/C12H9BrCl2N2O2S/c13-7-2-3-8(11(15)10(7)14)17-12-16-6(5-20-12)1-4-9(18)19/h2-3,5H,1,4H2,(H,16,17)(H,18,19). The third-order valence-electron chi connectivity index (χ3n) is 2.42. The molecule has 1 aromatic heterocycles. The Bertz CT molecular complexity index is 648. The number of nitrogens with zero attached hydrogens (tertiary/aromatic N) is 1. The van der Waals surface area contributed by atoms with Gasteiger partial charge in [0.15, 0.2) is 5.13 Å². The molecule has 0 bridgehead atoms. The van der Waals surface area contributed by atoms with Gasteiger partial charge in [-0.3, -0.25) is 4.79 Å². The van der Waals surface area contributed by atoms with E-state index in [9.17, 15) is 4.79 Å². The highest BCUT2D eigenvalue weighted by atomic mass is 79.9. The van der Waals surface area contributed by atoms with Crippen molar-refractivity contribution < 1.29 is 9.90 Å². The molecule has 2 N–H and O–H groups in total. The van der Waals surface area contributed by atoms with Crippen molar-refractivity contribution in [3.8, 4) is 0 Å². The molecule has 4 nitrogen and oxygen atoms in total. The van der Waals surface area contributed by atoms with Crippen LogP contribution in [0.15, 0.2) is 22.0 Å². The number of nitrogens with one attached hydrogen (secondary N) is 1. The molecule has 0 radical (unpaired) electrons. The molecule has 0 fully saturated rings. The Hall–Kier alpha value is -0.820. The fourth-order valence-electron chi connectivity index (χ4n) is 1.45. The van der Waals surface area contributed by atoms with E-state index in [0.717, 1.165) is 10.2 Å². The van der Waals surface area contributed by atoms with E-state index in [1.54, 1.807) is 12.1 Å².